The molecule has 2 aliphatic heterocycles. The Morgan fingerprint density at radius 1 is 1.19 bits per heavy atom. The second-order valence-electron chi connectivity index (χ2n) is 6.79. The first-order valence-corrected chi connectivity index (χ1v) is 8.70. The fourth-order valence-corrected chi connectivity index (χ4v) is 3.38. The van der Waals surface area contributed by atoms with Gasteiger partial charge in [-0.1, -0.05) is 17.3 Å². The molecule has 1 aromatic carbocycles. The molecule has 0 amide bonds. The molecule has 10 heteroatoms. The van der Waals surface area contributed by atoms with Crippen LogP contribution in [0, 0.1) is 0 Å². The average molecular weight is 386 g/mol. The van der Waals surface area contributed by atoms with Crippen LogP contribution in [0.2, 0.25) is 0 Å². The smallest absolute Gasteiger partial charge is 0.296 e. The number of anilines is 1. The zero-order valence-electron chi connectivity index (χ0n) is 14.9. The van der Waals surface area contributed by atoms with E-state index in [0.29, 0.717) is 24.1 Å². The summed E-state index contributed by atoms with van der Waals surface area (Å²) in [6.07, 6.45) is 1.82. The van der Waals surface area contributed by atoms with Gasteiger partial charge in [-0.3, -0.25) is 8.99 Å². The van der Waals surface area contributed by atoms with Gasteiger partial charge in [0.25, 0.3) is 5.89 Å². The van der Waals surface area contributed by atoms with E-state index in [2.05, 4.69) is 25.2 Å². The summed E-state index contributed by atoms with van der Waals surface area (Å²) in [5.74, 6) is 2.67. The molecule has 2 aromatic heterocycles. The number of methoxy groups -OCH3 is 1. The molecule has 2 aliphatic rings. The number of fused-ring (bicyclic) bond motifs is 6. The number of para-hydroxylation sites is 1. The van der Waals surface area contributed by atoms with Crippen LogP contribution in [0.3, 0.4) is 0 Å². The molecule has 27 heavy (non-hydrogen) atoms. The van der Waals surface area contributed by atoms with Gasteiger partial charge in [-0.25, -0.2) is 0 Å². The molecule has 3 aromatic rings. The van der Waals surface area contributed by atoms with Gasteiger partial charge in [0.05, 0.1) is 11.9 Å². The highest BCUT2D eigenvalue weighted by Gasteiger charge is 2.36. The number of hydrogen-bond acceptors (Lipinski definition) is 8. The lowest BCUT2D eigenvalue weighted by atomic mass is 10.1. The van der Waals surface area contributed by atoms with Gasteiger partial charge in [0.15, 0.2) is 5.82 Å². The molecule has 0 unspecified atom stereocenters. The van der Waals surface area contributed by atoms with Crippen LogP contribution in [-0.2, 0) is 10.3 Å². The number of halogens is 1. The molecular weight excluding hydrogens is 370 g/mol. The summed E-state index contributed by atoms with van der Waals surface area (Å²) in [6, 6.07) is 7.98. The lowest BCUT2D eigenvalue weighted by Gasteiger charge is -2.29. The van der Waals surface area contributed by atoms with Crippen LogP contribution in [0.4, 0.5) is 5.69 Å². The van der Waals surface area contributed by atoms with Crippen LogP contribution >= 0.6 is 11.8 Å². The van der Waals surface area contributed by atoms with Crippen LogP contribution in [0.1, 0.15) is 19.7 Å². The minimum absolute atomic E-state index is 0.266. The van der Waals surface area contributed by atoms with Gasteiger partial charge in [-0.05, 0) is 26.0 Å². The van der Waals surface area contributed by atoms with E-state index in [0.717, 1.165) is 17.1 Å². The highest BCUT2D eigenvalue weighted by Crippen LogP contribution is 2.43. The van der Waals surface area contributed by atoms with Crippen molar-refractivity contribution in [3.63, 3.8) is 0 Å². The molecular formula is C17H16ClN7O2. The molecule has 0 saturated heterocycles. The highest BCUT2D eigenvalue weighted by molar-refractivity contribution is 6.15. The average Bonchev–Trinajstić information content (AvgIpc) is 3.38. The van der Waals surface area contributed by atoms with Gasteiger partial charge >= 0.3 is 0 Å². The molecule has 0 fully saturated rings. The zero-order chi connectivity index (χ0) is 18.8. The maximum Gasteiger partial charge on any atom is 0.296 e. The summed E-state index contributed by atoms with van der Waals surface area (Å²) in [5.41, 5.74) is 1.30. The number of rotatable bonds is 3. The molecule has 0 saturated carbocycles. The molecule has 0 spiro atoms. The summed E-state index contributed by atoms with van der Waals surface area (Å²) >= 11 is 6.26. The Morgan fingerprint density at radius 3 is 2.78 bits per heavy atom. The Kier molecular flexibility index (Phi) is 3.34. The third-order valence-electron chi connectivity index (χ3n) is 4.80. The Labute approximate surface area is 159 Å². The fraction of sp³-hybridized carbons (Fsp3) is 0.294. The molecule has 9 nitrogen and oxygen atoms in total. The van der Waals surface area contributed by atoms with E-state index in [-0.39, 0.29) is 5.89 Å². The van der Waals surface area contributed by atoms with Crippen molar-refractivity contribution in [1.82, 2.24) is 29.3 Å². The van der Waals surface area contributed by atoms with E-state index >= 15 is 0 Å². The molecule has 0 aliphatic carbocycles. The summed E-state index contributed by atoms with van der Waals surface area (Å²) in [5, 5.41) is 12.7. The van der Waals surface area contributed by atoms with E-state index < -0.39 is 5.60 Å². The predicted molar refractivity (Wildman–Crippen MR) is 98.1 cm³/mol. The normalized spacial score (nSPS) is 15.5. The van der Waals surface area contributed by atoms with Crippen molar-refractivity contribution in [2.45, 2.75) is 19.4 Å². The van der Waals surface area contributed by atoms with Crippen molar-refractivity contribution >= 4 is 23.3 Å². The molecule has 138 valence electrons. The molecule has 4 heterocycles. The molecule has 0 radical (unpaired) electrons. The van der Waals surface area contributed by atoms with Crippen molar-refractivity contribution < 1.29 is 9.26 Å². The van der Waals surface area contributed by atoms with E-state index in [4.69, 9.17) is 21.0 Å². The minimum atomic E-state index is -0.676. The van der Waals surface area contributed by atoms with Gasteiger partial charge in [-0.15, -0.1) is 10.2 Å². The van der Waals surface area contributed by atoms with Crippen molar-refractivity contribution in [2.24, 2.45) is 0 Å². The number of nitrogens with zero attached hydrogens (tertiary/aromatic N) is 7. The largest absolute Gasteiger partial charge is 0.371 e. The van der Waals surface area contributed by atoms with Crippen LogP contribution in [0.15, 0.2) is 35.0 Å². The van der Waals surface area contributed by atoms with Gasteiger partial charge < -0.3 is 14.2 Å². The van der Waals surface area contributed by atoms with E-state index in [1.54, 1.807) is 11.5 Å². The minimum Gasteiger partial charge on any atom is -0.371 e. The fourth-order valence-electron chi connectivity index (χ4n) is 3.18. The maximum absolute atomic E-state index is 6.26. The maximum atomic E-state index is 6.26. The Hall–Kier alpha value is -2.91. The van der Waals surface area contributed by atoms with E-state index in [1.807, 2.05) is 48.9 Å². The summed E-state index contributed by atoms with van der Waals surface area (Å²) in [6.45, 7) is 4.24. The topological polar surface area (TPSA) is 85.3 Å². The van der Waals surface area contributed by atoms with Crippen molar-refractivity contribution in [1.29, 1.82) is 0 Å². The first kappa shape index (κ1) is 16.3. The monoisotopic (exact) mass is 385 g/mol. The van der Waals surface area contributed by atoms with Crippen molar-refractivity contribution in [3.8, 4) is 23.1 Å². The second kappa shape index (κ2) is 5.54. The van der Waals surface area contributed by atoms with Crippen LogP contribution in [0.5, 0.6) is 0 Å². The molecule has 5 rings (SSSR count). The quantitative estimate of drug-likeness (QED) is 0.636. The number of benzene rings is 1. The van der Waals surface area contributed by atoms with Gasteiger partial charge in [0.1, 0.15) is 18.1 Å². The third kappa shape index (κ3) is 2.28. The standard InChI is InChI=1S/C17H16ClN7O2/c1-17(2,26-3)16-19-15(27-22-16)14-21-20-13-10-6-4-5-7-11(10)24-9-23(18)8-12(24)25(13)14/h4-8H,9H2,1-3H3. The van der Waals surface area contributed by atoms with Crippen LogP contribution in [-0.4, -0.2) is 43.1 Å². The Balaban J connectivity index is 1.70. The first-order chi connectivity index (χ1) is 13.0. The van der Waals surface area contributed by atoms with Gasteiger partial charge in [0, 0.05) is 24.4 Å². The number of hydrogen-bond donors (Lipinski definition) is 0. The summed E-state index contributed by atoms with van der Waals surface area (Å²) in [4.78, 5) is 6.56. The lowest BCUT2D eigenvalue weighted by molar-refractivity contribution is 0.00973. The zero-order valence-corrected chi connectivity index (χ0v) is 15.7. The van der Waals surface area contributed by atoms with Gasteiger partial charge in [-0.2, -0.15) is 4.98 Å². The number of ether oxygens (including phenoxy) is 1. The molecule has 0 atom stereocenters. The predicted octanol–water partition coefficient (Wildman–Crippen LogP) is 2.88. The summed E-state index contributed by atoms with van der Waals surface area (Å²) in [7, 11) is 1.60. The SMILES string of the molecule is COC(C)(C)c1noc(-c2nnc3n2C2=CN(Cl)CN2c2ccccc2-3)n1. The van der Waals surface area contributed by atoms with Crippen LogP contribution in [0.25, 0.3) is 28.9 Å². The summed E-state index contributed by atoms with van der Waals surface area (Å²) < 4.78 is 14.4. The highest BCUT2D eigenvalue weighted by atomic mass is 35.5. The second-order valence-corrected chi connectivity index (χ2v) is 7.23. The van der Waals surface area contributed by atoms with E-state index in [9.17, 15) is 0 Å². The Bertz CT molecular complexity index is 1070. The number of aromatic nitrogens is 5. The van der Waals surface area contributed by atoms with Gasteiger partial charge in [0.2, 0.25) is 11.6 Å². The molecule has 0 N–H and O–H groups in total. The Morgan fingerprint density at radius 2 is 1.96 bits per heavy atom. The lowest BCUT2D eigenvalue weighted by Crippen LogP contribution is -2.28. The third-order valence-corrected chi connectivity index (χ3v) is 5.01. The first-order valence-electron chi connectivity index (χ1n) is 8.36. The van der Waals surface area contributed by atoms with Crippen molar-refractivity contribution in [3.05, 3.63) is 36.3 Å². The van der Waals surface area contributed by atoms with E-state index in [1.165, 1.54) is 0 Å². The molecule has 0 bridgehead atoms. The van der Waals surface area contributed by atoms with Crippen LogP contribution < -0.4 is 4.90 Å². The van der Waals surface area contributed by atoms with Crippen molar-refractivity contribution in [2.75, 3.05) is 18.7 Å².